The van der Waals surface area contributed by atoms with Gasteiger partial charge in [-0.2, -0.15) is 0 Å². The number of benzene rings is 2. The van der Waals surface area contributed by atoms with E-state index in [2.05, 4.69) is 6.08 Å². The van der Waals surface area contributed by atoms with Crippen LogP contribution in [0, 0.1) is 5.92 Å². The van der Waals surface area contributed by atoms with Crippen molar-refractivity contribution in [1.29, 1.82) is 0 Å². The number of amides is 1. The maximum atomic E-state index is 12.9. The van der Waals surface area contributed by atoms with Gasteiger partial charge in [0.25, 0.3) is 0 Å². The molecule has 2 atom stereocenters. The number of carbonyl (C=O) groups is 2. The van der Waals surface area contributed by atoms with E-state index in [0.29, 0.717) is 6.42 Å². The molecule has 29 heavy (non-hydrogen) atoms. The lowest BCUT2D eigenvalue weighted by atomic mass is 9.91. The number of esters is 1. The Bertz CT molecular complexity index is 878. The fourth-order valence-corrected chi connectivity index (χ4v) is 4.07. The Morgan fingerprint density at radius 1 is 0.897 bits per heavy atom. The predicted molar refractivity (Wildman–Crippen MR) is 109 cm³/mol. The molecule has 5 nitrogen and oxygen atoms in total. The molecule has 0 radical (unpaired) electrons. The highest BCUT2D eigenvalue weighted by atomic mass is 16.6. The summed E-state index contributed by atoms with van der Waals surface area (Å²) in [5, 5.41) is 0. The number of ether oxygens (including phenoxy) is 2. The van der Waals surface area contributed by atoms with Crippen LogP contribution in [0.4, 0.5) is 4.79 Å². The molecule has 4 rings (SSSR count). The average molecular weight is 391 g/mol. The molecule has 1 heterocycles. The number of fused-ring (bicyclic) bond motifs is 1. The summed E-state index contributed by atoms with van der Waals surface area (Å²) in [7, 11) is 0. The summed E-state index contributed by atoms with van der Waals surface area (Å²) in [6.45, 7) is 0.382. The molecule has 0 spiro atoms. The minimum Gasteiger partial charge on any atom is -0.459 e. The lowest BCUT2D eigenvalue weighted by Gasteiger charge is -2.26. The Morgan fingerprint density at radius 3 is 2.17 bits per heavy atom. The molecule has 5 heteroatoms. The van der Waals surface area contributed by atoms with Gasteiger partial charge in [0.2, 0.25) is 0 Å². The Morgan fingerprint density at radius 2 is 1.52 bits per heavy atom. The summed E-state index contributed by atoms with van der Waals surface area (Å²) in [5.41, 5.74) is 2.75. The first-order valence-electron chi connectivity index (χ1n) is 10.1. The lowest BCUT2D eigenvalue weighted by molar-refractivity contribution is -0.149. The Kier molecular flexibility index (Phi) is 5.94. The first-order valence-corrected chi connectivity index (χ1v) is 10.1. The number of hydrogen-bond acceptors (Lipinski definition) is 4. The van der Waals surface area contributed by atoms with E-state index < -0.39 is 12.1 Å². The highest BCUT2D eigenvalue weighted by Crippen LogP contribution is 2.40. The second-order valence-electron chi connectivity index (χ2n) is 7.51. The van der Waals surface area contributed by atoms with Crippen molar-refractivity contribution in [2.45, 2.75) is 44.9 Å². The minimum atomic E-state index is -0.628. The van der Waals surface area contributed by atoms with Crippen LogP contribution in [0.15, 0.2) is 72.4 Å². The summed E-state index contributed by atoms with van der Waals surface area (Å²) < 4.78 is 11.1. The fourth-order valence-electron chi connectivity index (χ4n) is 4.07. The molecule has 2 aromatic rings. The summed E-state index contributed by atoms with van der Waals surface area (Å²) >= 11 is 0. The maximum absolute atomic E-state index is 12.9. The second-order valence-corrected chi connectivity index (χ2v) is 7.51. The summed E-state index contributed by atoms with van der Waals surface area (Å²) in [5.74, 6) is -0.164. The van der Waals surface area contributed by atoms with Gasteiger partial charge in [-0.1, -0.05) is 66.7 Å². The van der Waals surface area contributed by atoms with E-state index in [4.69, 9.17) is 9.47 Å². The Labute approximate surface area is 170 Å². The molecule has 1 aliphatic heterocycles. The molecule has 1 saturated heterocycles. The van der Waals surface area contributed by atoms with Crippen molar-refractivity contribution in [3.63, 3.8) is 0 Å². The third kappa shape index (κ3) is 4.50. The molecular formula is C24H25NO4. The van der Waals surface area contributed by atoms with Gasteiger partial charge in [0.1, 0.15) is 19.3 Å². The van der Waals surface area contributed by atoms with Crippen molar-refractivity contribution in [1.82, 2.24) is 4.90 Å². The van der Waals surface area contributed by atoms with E-state index in [1.54, 1.807) is 0 Å². The molecule has 1 fully saturated rings. The van der Waals surface area contributed by atoms with Crippen molar-refractivity contribution < 1.29 is 19.1 Å². The van der Waals surface area contributed by atoms with E-state index in [0.717, 1.165) is 36.1 Å². The van der Waals surface area contributed by atoms with E-state index in [1.165, 1.54) is 4.90 Å². The number of rotatable bonds is 5. The zero-order chi connectivity index (χ0) is 20.1. The van der Waals surface area contributed by atoms with E-state index >= 15 is 0 Å². The van der Waals surface area contributed by atoms with Gasteiger partial charge in [-0.15, -0.1) is 0 Å². The number of carbonyl (C=O) groups excluding carboxylic acids is 2. The molecule has 0 bridgehead atoms. The van der Waals surface area contributed by atoms with Crippen LogP contribution in [-0.2, 0) is 27.5 Å². The van der Waals surface area contributed by atoms with E-state index in [1.807, 2.05) is 60.7 Å². The van der Waals surface area contributed by atoms with Crippen molar-refractivity contribution in [2.24, 2.45) is 5.92 Å². The van der Waals surface area contributed by atoms with E-state index in [-0.39, 0.29) is 25.1 Å². The van der Waals surface area contributed by atoms with Crippen LogP contribution in [0.5, 0.6) is 0 Å². The van der Waals surface area contributed by atoms with Gasteiger partial charge >= 0.3 is 12.1 Å². The van der Waals surface area contributed by atoms with Crippen molar-refractivity contribution in [2.75, 3.05) is 0 Å². The molecule has 2 unspecified atom stereocenters. The van der Waals surface area contributed by atoms with Crippen LogP contribution >= 0.6 is 0 Å². The number of hydrogen-bond donors (Lipinski definition) is 0. The topological polar surface area (TPSA) is 55.8 Å². The number of allylic oxidation sites excluding steroid dienone is 2. The Balaban J connectivity index is 1.45. The van der Waals surface area contributed by atoms with Crippen LogP contribution in [0.25, 0.3) is 0 Å². The predicted octanol–water partition coefficient (Wildman–Crippen LogP) is 4.82. The highest BCUT2D eigenvalue weighted by molar-refractivity contribution is 5.84. The normalized spacial score (nSPS) is 20.6. The fraction of sp³-hybridized carbons (Fsp3) is 0.333. The molecule has 0 saturated carbocycles. The van der Waals surface area contributed by atoms with Gasteiger partial charge in [-0.3, -0.25) is 4.90 Å². The molecule has 1 aliphatic carbocycles. The van der Waals surface area contributed by atoms with Gasteiger partial charge in [0.15, 0.2) is 0 Å². The van der Waals surface area contributed by atoms with Gasteiger partial charge in [-0.25, -0.2) is 9.59 Å². The van der Waals surface area contributed by atoms with Crippen molar-refractivity contribution >= 4 is 12.1 Å². The SMILES string of the molecule is O=C(OCc1ccccc1)C1CC2CCCC=C2N1C(=O)OCc1ccccc1. The highest BCUT2D eigenvalue weighted by Gasteiger charge is 2.45. The van der Waals surface area contributed by atoms with Crippen LogP contribution in [-0.4, -0.2) is 23.0 Å². The van der Waals surface area contributed by atoms with E-state index in [9.17, 15) is 9.59 Å². The number of likely N-dealkylation sites (tertiary alicyclic amines) is 1. The first kappa shape index (κ1) is 19.2. The van der Waals surface area contributed by atoms with Crippen molar-refractivity contribution in [3.8, 4) is 0 Å². The second kappa shape index (κ2) is 8.95. The zero-order valence-corrected chi connectivity index (χ0v) is 16.3. The smallest absolute Gasteiger partial charge is 0.415 e. The average Bonchev–Trinajstić information content (AvgIpc) is 3.17. The van der Waals surface area contributed by atoms with Crippen LogP contribution < -0.4 is 0 Å². The van der Waals surface area contributed by atoms with Gasteiger partial charge in [0.05, 0.1) is 0 Å². The minimum absolute atomic E-state index is 0.180. The third-order valence-electron chi connectivity index (χ3n) is 5.52. The standard InChI is InChI=1S/C24H25NO4/c26-23(28-16-18-9-3-1-4-10-18)22-15-20-13-7-8-14-21(20)25(22)24(27)29-17-19-11-5-2-6-12-19/h1-6,9-12,14,20,22H,7-8,13,15-17H2. The largest absolute Gasteiger partial charge is 0.459 e. The van der Waals surface area contributed by atoms with Crippen LogP contribution in [0.1, 0.15) is 36.8 Å². The van der Waals surface area contributed by atoms with Gasteiger partial charge < -0.3 is 9.47 Å². The molecule has 0 N–H and O–H groups in total. The molecule has 0 aromatic heterocycles. The molecule has 150 valence electrons. The van der Waals surface area contributed by atoms with Gasteiger partial charge in [0, 0.05) is 11.6 Å². The zero-order valence-electron chi connectivity index (χ0n) is 16.3. The maximum Gasteiger partial charge on any atom is 0.415 e. The molecule has 2 aromatic carbocycles. The molecule has 2 aliphatic rings. The van der Waals surface area contributed by atoms with Crippen LogP contribution in [0.2, 0.25) is 0 Å². The van der Waals surface area contributed by atoms with Crippen molar-refractivity contribution in [3.05, 3.63) is 83.6 Å². The molecule has 1 amide bonds. The quantitative estimate of drug-likeness (QED) is 0.686. The Hall–Kier alpha value is -3.08. The third-order valence-corrected chi connectivity index (χ3v) is 5.52. The number of nitrogens with zero attached hydrogens (tertiary/aromatic N) is 1. The summed E-state index contributed by atoms with van der Waals surface area (Å²) in [4.78, 5) is 27.3. The molecular weight excluding hydrogens is 366 g/mol. The lowest BCUT2D eigenvalue weighted by Crippen LogP contribution is -2.41. The van der Waals surface area contributed by atoms with Crippen LogP contribution in [0.3, 0.4) is 0 Å². The first-order chi connectivity index (χ1) is 14.2. The monoisotopic (exact) mass is 391 g/mol. The summed E-state index contributed by atoms with van der Waals surface area (Å²) in [6, 6.07) is 18.5. The van der Waals surface area contributed by atoms with Gasteiger partial charge in [-0.05, 0) is 36.8 Å². The summed E-state index contributed by atoms with van der Waals surface area (Å²) in [6.07, 6.45) is 5.16.